The lowest BCUT2D eigenvalue weighted by Gasteiger charge is -2.29. The van der Waals surface area contributed by atoms with Crippen molar-refractivity contribution in [2.75, 3.05) is 19.5 Å². The van der Waals surface area contributed by atoms with Crippen LogP contribution in [0.1, 0.15) is 19.8 Å². The molecule has 1 aliphatic rings. The van der Waals surface area contributed by atoms with Crippen molar-refractivity contribution in [1.29, 1.82) is 0 Å². The molecule has 3 unspecified atom stereocenters. The van der Waals surface area contributed by atoms with Gasteiger partial charge in [0.1, 0.15) is 0 Å². The molecule has 2 N–H and O–H groups in total. The van der Waals surface area contributed by atoms with Gasteiger partial charge >= 0.3 is 0 Å². The topological polar surface area (TPSA) is 74.6 Å². The minimum atomic E-state index is -3.27. The van der Waals surface area contributed by atoms with Gasteiger partial charge in [-0.25, -0.2) is 8.42 Å². The van der Waals surface area contributed by atoms with Crippen LogP contribution in [0.2, 0.25) is 0 Å². The summed E-state index contributed by atoms with van der Waals surface area (Å²) in [6.45, 7) is 1.48. The average Bonchev–Trinajstić information content (AvgIpc) is 2.42. The van der Waals surface area contributed by atoms with Crippen LogP contribution >= 0.6 is 0 Å². The van der Waals surface area contributed by atoms with Crippen LogP contribution < -0.4 is 0 Å². The van der Waals surface area contributed by atoms with Gasteiger partial charge in [0.2, 0.25) is 0 Å². The molecule has 0 aromatic carbocycles. The third kappa shape index (κ3) is 1.68. The first-order valence-corrected chi connectivity index (χ1v) is 6.68. The first-order valence-electron chi connectivity index (χ1n) is 4.78. The van der Waals surface area contributed by atoms with E-state index in [1.165, 1.54) is 6.26 Å². The molecule has 0 aliphatic heterocycles. The molecule has 1 rings (SSSR count). The molecule has 0 aromatic heterocycles. The lowest BCUT2D eigenvalue weighted by atomic mass is 9.98. The summed E-state index contributed by atoms with van der Waals surface area (Å²) in [5.74, 6) is -0.0773. The fourth-order valence-electron chi connectivity index (χ4n) is 2.48. The Morgan fingerprint density at radius 1 is 1.43 bits per heavy atom. The van der Waals surface area contributed by atoms with Gasteiger partial charge in [0.05, 0.1) is 11.4 Å². The molecule has 0 aromatic rings. The molecule has 14 heavy (non-hydrogen) atoms. The summed E-state index contributed by atoms with van der Waals surface area (Å²) in [6.07, 6.45) is 2.21. The van der Waals surface area contributed by atoms with E-state index in [1.807, 2.05) is 6.92 Å². The summed E-state index contributed by atoms with van der Waals surface area (Å²) in [7, 11) is -3.27. The molecule has 0 amide bonds. The highest BCUT2D eigenvalue weighted by Gasteiger charge is 2.51. The molecule has 1 saturated carbocycles. The van der Waals surface area contributed by atoms with Crippen molar-refractivity contribution in [3.63, 3.8) is 0 Å². The normalized spacial score (nSPS) is 38.9. The maximum absolute atomic E-state index is 11.6. The molecule has 0 radical (unpaired) electrons. The fraction of sp³-hybridized carbons (Fsp3) is 1.00. The first kappa shape index (κ1) is 11.9. The van der Waals surface area contributed by atoms with E-state index in [2.05, 4.69) is 0 Å². The maximum Gasteiger partial charge on any atom is 0.155 e. The highest BCUT2D eigenvalue weighted by atomic mass is 32.2. The number of aliphatic hydroxyl groups is 2. The Bertz CT molecular complexity index is 298. The van der Waals surface area contributed by atoms with E-state index in [1.54, 1.807) is 0 Å². The van der Waals surface area contributed by atoms with Crippen molar-refractivity contribution in [3.8, 4) is 0 Å². The van der Waals surface area contributed by atoms with E-state index < -0.39 is 14.6 Å². The number of rotatable bonds is 3. The second kappa shape index (κ2) is 3.79. The Kier molecular flexibility index (Phi) is 3.23. The quantitative estimate of drug-likeness (QED) is 0.693. The van der Waals surface area contributed by atoms with Crippen LogP contribution in [0, 0.1) is 11.8 Å². The maximum atomic E-state index is 11.6. The number of sulfone groups is 1. The zero-order valence-electron chi connectivity index (χ0n) is 8.60. The molecule has 0 spiro atoms. The lowest BCUT2D eigenvalue weighted by Crippen LogP contribution is -2.44. The van der Waals surface area contributed by atoms with Gasteiger partial charge in [-0.2, -0.15) is 0 Å². The Balaban J connectivity index is 3.03. The summed E-state index contributed by atoms with van der Waals surface area (Å²) >= 11 is 0. The van der Waals surface area contributed by atoms with Crippen molar-refractivity contribution in [3.05, 3.63) is 0 Å². The highest BCUT2D eigenvalue weighted by molar-refractivity contribution is 7.92. The summed E-state index contributed by atoms with van der Waals surface area (Å²) in [4.78, 5) is 0. The van der Waals surface area contributed by atoms with Gasteiger partial charge in [-0.1, -0.05) is 6.92 Å². The van der Waals surface area contributed by atoms with Crippen LogP contribution in [0.15, 0.2) is 0 Å². The standard InChI is InChI=1S/C9H18O4S/c1-7-3-8(5-10)4-9(7,6-11)14(2,12)13/h7-8,10-11H,3-6H2,1-2H3. The minimum Gasteiger partial charge on any atom is -0.396 e. The Labute approximate surface area is 84.9 Å². The van der Waals surface area contributed by atoms with Crippen LogP contribution in [-0.2, 0) is 9.84 Å². The van der Waals surface area contributed by atoms with Crippen LogP contribution in [0.3, 0.4) is 0 Å². The van der Waals surface area contributed by atoms with Gasteiger partial charge in [0, 0.05) is 12.9 Å². The van der Waals surface area contributed by atoms with Crippen LogP contribution in [0.4, 0.5) is 0 Å². The van der Waals surface area contributed by atoms with Crippen LogP contribution in [0.5, 0.6) is 0 Å². The molecular formula is C9H18O4S. The largest absolute Gasteiger partial charge is 0.396 e. The number of hydrogen-bond donors (Lipinski definition) is 2. The molecule has 4 nitrogen and oxygen atoms in total. The predicted octanol–water partition coefficient (Wildman–Crippen LogP) is -0.200. The lowest BCUT2D eigenvalue weighted by molar-refractivity contribution is 0.205. The molecule has 3 atom stereocenters. The van der Waals surface area contributed by atoms with Gasteiger partial charge < -0.3 is 10.2 Å². The third-order valence-corrected chi connectivity index (χ3v) is 5.66. The third-order valence-electron chi connectivity index (χ3n) is 3.48. The van der Waals surface area contributed by atoms with E-state index in [-0.39, 0.29) is 25.0 Å². The predicted molar refractivity (Wildman–Crippen MR) is 53.6 cm³/mol. The van der Waals surface area contributed by atoms with Crippen molar-refractivity contribution in [1.82, 2.24) is 0 Å². The summed E-state index contributed by atoms with van der Waals surface area (Å²) in [6, 6.07) is 0. The van der Waals surface area contributed by atoms with Gasteiger partial charge in [0.15, 0.2) is 9.84 Å². The number of aliphatic hydroxyl groups excluding tert-OH is 2. The summed E-state index contributed by atoms with van der Waals surface area (Å²) in [5, 5.41) is 18.3. The van der Waals surface area contributed by atoms with Gasteiger partial charge in [-0.15, -0.1) is 0 Å². The van der Waals surface area contributed by atoms with Crippen molar-refractivity contribution >= 4 is 9.84 Å². The van der Waals surface area contributed by atoms with E-state index in [0.29, 0.717) is 12.8 Å². The second-order valence-electron chi connectivity index (χ2n) is 4.38. The fourth-order valence-corrected chi connectivity index (χ4v) is 4.08. The van der Waals surface area contributed by atoms with Gasteiger partial charge in [-0.3, -0.25) is 0 Å². The molecule has 84 valence electrons. The van der Waals surface area contributed by atoms with E-state index in [4.69, 9.17) is 5.11 Å². The number of hydrogen-bond acceptors (Lipinski definition) is 4. The minimum absolute atomic E-state index is 0.00160. The SMILES string of the molecule is CC1CC(CO)CC1(CO)S(C)(=O)=O. The molecular weight excluding hydrogens is 204 g/mol. The first-order chi connectivity index (χ1) is 6.37. The Morgan fingerprint density at radius 3 is 2.21 bits per heavy atom. The monoisotopic (exact) mass is 222 g/mol. The molecule has 0 bridgehead atoms. The Hall–Kier alpha value is -0.130. The van der Waals surface area contributed by atoms with E-state index in [9.17, 15) is 13.5 Å². The van der Waals surface area contributed by atoms with Gasteiger partial charge in [-0.05, 0) is 24.7 Å². The van der Waals surface area contributed by atoms with Gasteiger partial charge in [0.25, 0.3) is 0 Å². The molecule has 1 aliphatic carbocycles. The van der Waals surface area contributed by atoms with E-state index >= 15 is 0 Å². The molecule has 0 saturated heterocycles. The second-order valence-corrected chi connectivity index (χ2v) is 6.74. The highest BCUT2D eigenvalue weighted by Crippen LogP contribution is 2.44. The Morgan fingerprint density at radius 2 is 2.00 bits per heavy atom. The smallest absolute Gasteiger partial charge is 0.155 e. The molecule has 5 heteroatoms. The van der Waals surface area contributed by atoms with Crippen LogP contribution in [-0.4, -0.2) is 42.8 Å². The van der Waals surface area contributed by atoms with Crippen molar-refractivity contribution in [2.24, 2.45) is 11.8 Å². The zero-order valence-corrected chi connectivity index (χ0v) is 9.42. The summed E-state index contributed by atoms with van der Waals surface area (Å²) in [5.41, 5.74) is 0. The zero-order chi connectivity index (χ0) is 11.0. The van der Waals surface area contributed by atoms with Crippen molar-refractivity contribution in [2.45, 2.75) is 24.5 Å². The molecule has 1 fully saturated rings. The molecule has 0 heterocycles. The summed E-state index contributed by atoms with van der Waals surface area (Å²) < 4.78 is 22.2. The van der Waals surface area contributed by atoms with E-state index in [0.717, 1.165) is 0 Å². The van der Waals surface area contributed by atoms with Crippen molar-refractivity contribution < 1.29 is 18.6 Å². The average molecular weight is 222 g/mol. The van der Waals surface area contributed by atoms with Crippen LogP contribution in [0.25, 0.3) is 0 Å².